The predicted octanol–water partition coefficient (Wildman–Crippen LogP) is 2.22. The first-order valence-corrected chi connectivity index (χ1v) is 7.56. The Morgan fingerprint density at radius 2 is 2.10 bits per heavy atom. The van der Waals surface area contributed by atoms with E-state index in [9.17, 15) is 4.79 Å². The molecule has 1 aromatic carbocycles. The van der Waals surface area contributed by atoms with E-state index in [4.69, 9.17) is 22.7 Å². The molecule has 0 unspecified atom stereocenters. The van der Waals surface area contributed by atoms with Crippen molar-refractivity contribution in [2.75, 3.05) is 7.11 Å². The number of rotatable bonds is 3. The van der Waals surface area contributed by atoms with Crippen LogP contribution in [0.15, 0.2) is 24.3 Å². The van der Waals surface area contributed by atoms with Gasteiger partial charge in [0.25, 0.3) is 5.91 Å². The summed E-state index contributed by atoms with van der Waals surface area (Å²) in [6.45, 7) is 0. The lowest BCUT2D eigenvalue weighted by Crippen LogP contribution is -2.54. The molecule has 5 nitrogen and oxygen atoms in total. The highest BCUT2D eigenvalue weighted by atomic mass is 32.1. The first-order chi connectivity index (χ1) is 10.1. The molecule has 2 rings (SSSR count). The van der Waals surface area contributed by atoms with E-state index in [0.717, 1.165) is 25.7 Å². The number of nitrogens with zero attached hydrogens (tertiary/aromatic N) is 1. The molecule has 3 N–H and O–H groups in total. The van der Waals surface area contributed by atoms with Gasteiger partial charge in [-0.25, -0.2) is 0 Å². The summed E-state index contributed by atoms with van der Waals surface area (Å²) in [5.41, 5.74) is 9.11. The largest absolute Gasteiger partial charge is 0.497 e. The molecule has 1 aliphatic carbocycles. The van der Waals surface area contributed by atoms with Crippen LogP contribution in [0.1, 0.15) is 42.5 Å². The van der Waals surface area contributed by atoms with Gasteiger partial charge in [-0.3, -0.25) is 15.2 Å². The second-order valence-corrected chi connectivity index (χ2v) is 5.59. The Bertz CT molecular complexity index is 515. The van der Waals surface area contributed by atoms with Crippen molar-refractivity contribution in [3.05, 3.63) is 29.8 Å². The number of hydrogen-bond acceptors (Lipinski definition) is 3. The minimum Gasteiger partial charge on any atom is -0.497 e. The van der Waals surface area contributed by atoms with Crippen LogP contribution in [0.2, 0.25) is 0 Å². The fourth-order valence-electron chi connectivity index (χ4n) is 2.60. The van der Waals surface area contributed by atoms with Crippen LogP contribution in [0.4, 0.5) is 0 Å². The van der Waals surface area contributed by atoms with Crippen LogP contribution in [0.3, 0.4) is 0 Å². The van der Waals surface area contributed by atoms with E-state index in [-0.39, 0.29) is 17.1 Å². The highest BCUT2D eigenvalue weighted by molar-refractivity contribution is 7.80. The summed E-state index contributed by atoms with van der Waals surface area (Å²) < 4.78 is 5.13. The van der Waals surface area contributed by atoms with E-state index in [1.54, 1.807) is 36.4 Å². The molecule has 0 atom stereocenters. The zero-order valence-electron chi connectivity index (χ0n) is 12.2. The number of hydrogen-bond donors (Lipinski definition) is 2. The van der Waals surface area contributed by atoms with Gasteiger partial charge in [-0.2, -0.15) is 0 Å². The van der Waals surface area contributed by atoms with E-state index >= 15 is 0 Å². The van der Waals surface area contributed by atoms with E-state index in [1.165, 1.54) is 6.42 Å². The lowest BCUT2D eigenvalue weighted by molar-refractivity contribution is 0.0808. The van der Waals surface area contributed by atoms with Crippen LogP contribution in [0.5, 0.6) is 5.75 Å². The summed E-state index contributed by atoms with van der Waals surface area (Å²) in [5.74, 6) is 0.412. The van der Waals surface area contributed by atoms with Gasteiger partial charge in [0.15, 0.2) is 5.11 Å². The second kappa shape index (κ2) is 7.26. The van der Waals surface area contributed by atoms with Crippen LogP contribution < -0.4 is 15.9 Å². The number of hydrazine groups is 1. The normalized spacial score (nSPS) is 15.3. The Morgan fingerprint density at radius 3 is 2.71 bits per heavy atom. The molecule has 0 radical (unpaired) electrons. The van der Waals surface area contributed by atoms with Crippen molar-refractivity contribution in [2.24, 2.45) is 5.73 Å². The summed E-state index contributed by atoms with van der Waals surface area (Å²) in [7, 11) is 1.57. The molecule has 1 fully saturated rings. The van der Waals surface area contributed by atoms with Gasteiger partial charge in [-0.1, -0.05) is 25.3 Å². The van der Waals surface area contributed by atoms with Gasteiger partial charge in [0.2, 0.25) is 0 Å². The number of carbonyl (C=O) groups is 1. The summed E-state index contributed by atoms with van der Waals surface area (Å²) in [5, 5.41) is 1.84. The smallest absolute Gasteiger partial charge is 0.270 e. The van der Waals surface area contributed by atoms with Gasteiger partial charge in [-0.15, -0.1) is 0 Å². The van der Waals surface area contributed by atoms with Gasteiger partial charge in [0.05, 0.1) is 13.2 Å². The molecule has 0 heterocycles. The second-order valence-electron chi connectivity index (χ2n) is 5.17. The standard InChI is InChI=1S/C15H21N3O2S/c1-20-13-9-5-6-11(10-13)14(19)17-18(15(16)21)12-7-3-2-4-8-12/h5-6,9-10,12H,2-4,7-8H2,1H3,(H2,16,21)(H,17,19). The summed E-state index contributed by atoms with van der Waals surface area (Å²) in [6, 6.07) is 7.18. The maximum absolute atomic E-state index is 12.3. The van der Waals surface area contributed by atoms with Crippen LogP contribution in [0, 0.1) is 0 Å². The van der Waals surface area contributed by atoms with Crippen molar-refractivity contribution in [2.45, 2.75) is 38.1 Å². The third-order valence-corrected chi connectivity index (χ3v) is 3.93. The third-order valence-electron chi connectivity index (χ3n) is 3.73. The van der Waals surface area contributed by atoms with Gasteiger partial charge >= 0.3 is 0 Å². The minimum absolute atomic E-state index is 0.186. The lowest BCUT2D eigenvalue weighted by Gasteiger charge is -2.34. The predicted molar refractivity (Wildman–Crippen MR) is 86.0 cm³/mol. The average molecular weight is 307 g/mol. The highest BCUT2D eigenvalue weighted by Gasteiger charge is 2.24. The Morgan fingerprint density at radius 1 is 1.38 bits per heavy atom. The molecule has 1 amide bonds. The van der Waals surface area contributed by atoms with Crippen molar-refractivity contribution < 1.29 is 9.53 Å². The number of ether oxygens (including phenoxy) is 1. The Kier molecular flexibility index (Phi) is 5.38. The van der Waals surface area contributed by atoms with Crippen LogP contribution in [-0.4, -0.2) is 29.2 Å². The van der Waals surface area contributed by atoms with Crippen molar-refractivity contribution in [3.8, 4) is 5.75 Å². The number of thiocarbonyl (C=S) groups is 1. The highest BCUT2D eigenvalue weighted by Crippen LogP contribution is 2.21. The molecule has 1 aromatic rings. The number of amides is 1. The first-order valence-electron chi connectivity index (χ1n) is 7.15. The summed E-state index contributed by atoms with van der Waals surface area (Å²) in [4.78, 5) is 12.3. The van der Waals surface area contributed by atoms with Crippen LogP contribution >= 0.6 is 12.2 Å². The molecular formula is C15H21N3O2S. The molecular weight excluding hydrogens is 286 g/mol. The molecule has 114 valence electrons. The summed E-state index contributed by atoms with van der Waals surface area (Å²) in [6.07, 6.45) is 5.49. The molecule has 0 saturated heterocycles. The number of carbonyl (C=O) groups excluding carboxylic acids is 1. The topological polar surface area (TPSA) is 67.6 Å². The third kappa shape index (κ3) is 4.07. The fraction of sp³-hybridized carbons (Fsp3) is 0.467. The molecule has 0 aliphatic heterocycles. The van der Waals surface area contributed by atoms with Crippen LogP contribution in [-0.2, 0) is 0 Å². The zero-order valence-corrected chi connectivity index (χ0v) is 13.0. The maximum Gasteiger partial charge on any atom is 0.270 e. The molecule has 0 bridgehead atoms. The SMILES string of the molecule is COc1cccc(C(=O)NN(C(N)=S)C2CCCCC2)c1. The van der Waals surface area contributed by atoms with Crippen molar-refractivity contribution in [3.63, 3.8) is 0 Å². The van der Waals surface area contributed by atoms with Gasteiger partial charge in [-0.05, 0) is 43.3 Å². The van der Waals surface area contributed by atoms with Gasteiger partial charge in [0, 0.05) is 5.56 Å². The minimum atomic E-state index is -0.229. The fourth-order valence-corrected chi connectivity index (χ4v) is 2.80. The Hall–Kier alpha value is -1.82. The Labute approximate surface area is 130 Å². The number of nitrogens with one attached hydrogen (secondary N) is 1. The Balaban J connectivity index is 2.08. The average Bonchev–Trinajstić information content (AvgIpc) is 2.53. The van der Waals surface area contributed by atoms with E-state index in [2.05, 4.69) is 5.43 Å². The molecule has 1 saturated carbocycles. The number of nitrogens with two attached hydrogens (primary N) is 1. The molecule has 1 aliphatic rings. The lowest BCUT2D eigenvalue weighted by atomic mass is 9.95. The molecule has 6 heteroatoms. The van der Waals surface area contributed by atoms with E-state index in [1.807, 2.05) is 0 Å². The van der Waals surface area contributed by atoms with Crippen LogP contribution in [0.25, 0.3) is 0 Å². The van der Waals surface area contributed by atoms with Crippen molar-refractivity contribution in [1.29, 1.82) is 0 Å². The monoisotopic (exact) mass is 307 g/mol. The molecule has 0 spiro atoms. The zero-order chi connectivity index (χ0) is 15.2. The molecule has 21 heavy (non-hydrogen) atoms. The quantitative estimate of drug-likeness (QED) is 0.662. The maximum atomic E-state index is 12.3. The van der Waals surface area contributed by atoms with Crippen molar-refractivity contribution in [1.82, 2.24) is 10.4 Å². The van der Waals surface area contributed by atoms with E-state index < -0.39 is 0 Å². The van der Waals surface area contributed by atoms with Gasteiger partial charge < -0.3 is 10.5 Å². The number of benzene rings is 1. The molecule has 0 aromatic heterocycles. The summed E-state index contributed by atoms with van der Waals surface area (Å²) >= 11 is 5.08. The van der Waals surface area contributed by atoms with E-state index in [0.29, 0.717) is 11.3 Å². The van der Waals surface area contributed by atoms with Gasteiger partial charge in [0.1, 0.15) is 5.75 Å². The van der Waals surface area contributed by atoms with Crippen molar-refractivity contribution >= 4 is 23.2 Å². The first kappa shape index (κ1) is 15.6. The number of methoxy groups -OCH3 is 1.